The number of rotatable bonds is 1. The second-order valence-electron chi connectivity index (χ2n) is 7.55. The lowest BCUT2D eigenvalue weighted by Gasteiger charge is -2.43. The Morgan fingerprint density at radius 1 is 1.24 bits per heavy atom. The minimum Gasteiger partial charge on any atom is -0.381 e. The molecular formula is C16H26O. The van der Waals surface area contributed by atoms with Crippen molar-refractivity contribution < 1.29 is 4.74 Å². The Morgan fingerprint density at radius 2 is 1.94 bits per heavy atom. The first kappa shape index (κ1) is 11.8. The first-order valence-corrected chi connectivity index (χ1v) is 7.09. The quantitative estimate of drug-likeness (QED) is 0.618. The maximum absolute atomic E-state index is 5.90. The summed E-state index contributed by atoms with van der Waals surface area (Å²) in [6.45, 7) is 11.9. The lowest BCUT2D eigenvalue weighted by Crippen LogP contribution is -2.43. The molecule has 3 aliphatic rings. The SMILES string of the molecule is C=C1CC[C@H]2C(C)(C)C[C@]3(C)CCC(OC)C123. The molecule has 0 radical (unpaired) electrons. The molecule has 3 fully saturated rings. The molecule has 0 N–H and O–H groups in total. The molecule has 2 unspecified atom stereocenters. The van der Waals surface area contributed by atoms with Crippen LogP contribution >= 0.6 is 0 Å². The summed E-state index contributed by atoms with van der Waals surface area (Å²) in [7, 11) is 1.90. The van der Waals surface area contributed by atoms with Gasteiger partial charge >= 0.3 is 0 Å². The maximum atomic E-state index is 5.90. The van der Waals surface area contributed by atoms with Crippen molar-refractivity contribution in [3.8, 4) is 0 Å². The molecule has 0 amide bonds. The first-order valence-electron chi connectivity index (χ1n) is 7.09. The van der Waals surface area contributed by atoms with E-state index in [-0.39, 0.29) is 0 Å². The average Bonchev–Trinajstić information content (AvgIpc) is 2.75. The van der Waals surface area contributed by atoms with Crippen molar-refractivity contribution in [2.24, 2.45) is 22.2 Å². The minimum atomic E-state index is 0.297. The van der Waals surface area contributed by atoms with Crippen molar-refractivity contribution in [1.82, 2.24) is 0 Å². The maximum Gasteiger partial charge on any atom is 0.0672 e. The van der Waals surface area contributed by atoms with Crippen LogP contribution in [-0.2, 0) is 4.74 Å². The molecular weight excluding hydrogens is 208 g/mol. The van der Waals surface area contributed by atoms with Gasteiger partial charge in [-0.25, -0.2) is 0 Å². The summed E-state index contributed by atoms with van der Waals surface area (Å²) in [4.78, 5) is 0. The molecule has 3 saturated carbocycles. The fourth-order valence-corrected chi connectivity index (χ4v) is 6.25. The molecule has 3 rings (SSSR count). The summed E-state index contributed by atoms with van der Waals surface area (Å²) in [5.74, 6) is 0.792. The van der Waals surface area contributed by atoms with Crippen LogP contribution in [0.5, 0.6) is 0 Å². The Balaban J connectivity index is 2.18. The van der Waals surface area contributed by atoms with Gasteiger partial charge in [-0.2, -0.15) is 0 Å². The Bertz CT molecular complexity index is 370. The van der Waals surface area contributed by atoms with Gasteiger partial charge < -0.3 is 4.74 Å². The van der Waals surface area contributed by atoms with Gasteiger partial charge in [0.1, 0.15) is 0 Å². The van der Waals surface area contributed by atoms with Gasteiger partial charge in [-0.05, 0) is 48.9 Å². The Labute approximate surface area is 106 Å². The monoisotopic (exact) mass is 234 g/mol. The summed E-state index contributed by atoms with van der Waals surface area (Å²) in [5.41, 5.74) is 2.70. The van der Waals surface area contributed by atoms with Crippen LogP contribution in [0.4, 0.5) is 0 Å². The number of hydrogen-bond donors (Lipinski definition) is 0. The van der Waals surface area contributed by atoms with E-state index in [1.54, 1.807) is 0 Å². The minimum absolute atomic E-state index is 0.297. The zero-order valence-electron chi connectivity index (χ0n) is 11.8. The topological polar surface area (TPSA) is 9.23 Å². The first-order chi connectivity index (χ1) is 7.88. The number of hydrogen-bond acceptors (Lipinski definition) is 1. The third kappa shape index (κ3) is 1.10. The molecule has 0 saturated heterocycles. The van der Waals surface area contributed by atoms with Gasteiger partial charge in [0.25, 0.3) is 0 Å². The van der Waals surface area contributed by atoms with Crippen molar-refractivity contribution in [2.45, 2.75) is 59.0 Å². The summed E-state index contributed by atoms with van der Waals surface area (Å²) >= 11 is 0. The Morgan fingerprint density at radius 3 is 2.59 bits per heavy atom. The van der Waals surface area contributed by atoms with Crippen molar-refractivity contribution >= 4 is 0 Å². The molecule has 0 aliphatic heterocycles. The van der Waals surface area contributed by atoms with Crippen LogP contribution in [0.3, 0.4) is 0 Å². The van der Waals surface area contributed by atoms with Crippen LogP contribution in [-0.4, -0.2) is 13.2 Å². The third-order valence-electron chi connectivity index (χ3n) is 6.41. The van der Waals surface area contributed by atoms with Crippen molar-refractivity contribution in [3.63, 3.8) is 0 Å². The normalized spacial score (nSPS) is 51.6. The van der Waals surface area contributed by atoms with Gasteiger partial charge in [0, 0.05) is 12.5 Å². The fourth-order valence-electron chi connectivity index (χ4n) is 6.25. The van der Waals surface area contributed by atoms with E-state index in [4.69, 9.17) is 4.74 Å². The van der Waals surface area contributed by atoms with E-state index in [2.05, 4.69) is 27.4 Å². The smallest absolute Gasteiger partial charge is 0.0672 e. The van der Waals surface area contributed by atoms with Crippen molar-refractivity contribution in [2.75, 3.05) is 7.11 Å². The van der Waals surface area contributed by atoms with Crippen LogP contribution < -0.4 is 0 Å². The zero-order chi connectivity index (χ0) is 12.5. The molecule has 1 spiro atoms. The molecule has 0 aromatic carbocycles. The molecule has 4 atom stereocenters. The summed E-state index contributed by atoms with van der Waals surface area (Å²) in [6, 6.07) is 0. The molecule has 96 valence electrons. The Hall–Kier alpha value is -0.300. The highest BCUT2D eigenvalue weighted by Crippen LogP contribution is 2.77. The van der Waals surface area contributed by atoms with Crippen LogP contribution in [0.25, 0.3) is 0 Å². The fraction of sp³-hybridized carbons (Fsp3) is 0.875. The van der Waals surface area contributed by atoms with Crippen LogP contribution in [0.1, 0.15) is 52.9 Å². The van der Waals surface area contributed by atoms with E-state index >= 15 is 0 Å². The van der Waals surface area contributed by atoms with Crippen molar-refractivity contribution in [3.05, 3.63) is 12.2 Å². The van der Waals surface area contributed by atoms with Gasteiger partial charge in [-0.1, -0.05) is 32.9 Å². The van der Waals surface area contributed by atoms with Crippen LogP contribution in [0.2, 0.25) is 0 Å². The van der Waals surface area contributed by atoms with Crippen LogP contribution in [0.15, 0.2) is 12.2 Å². The molecule has 1 nitrogen and oxygen atoms in total. The largest absolute Gasteiger partial charge is 0.381 e. The van der Waals surface area contributed by atoms with Gasteiger partial charge in [0.05, 0.1) is 6.10 Å². The molecule has 17 heavy (non-hydrogen) atoms. The molecule has 0 aromatic heterocycles. The van der Waals surface area contributed by atoms with E-state index in [0.717, 1.165) is 5.92 Å². The van der Waals surface area contributed by atoms with Gasteiger partial charge in [-0.15, -0.1) is 0 Å². The predicted molar refractivity (Wildman–Crippen MR) is 70.8 cm³/mol. The predicted octanol–water partition coefficient (Wildman–Crippen LogP) is 4.18. The van der Waals surface area contributed by atoms with Crippen molar-refractivity contribution in [1.29, 1.82) is 0 Å². The average molecular weight is 234 g/mol. The third-order valence-corrected chi connectivity index (χ3v) is 6.41. The molecule has 0 bridgehead atoms. The second kappa shape index (κ2) is 3.17. The van der Waals surface area contributed by atoms with E-state index < -0.39 is 0 Å². The van der Waals surface area contributed by atoms with Gasteiger partial charge in [0.2, 0.25) is 0 Å². The highest BCUT2D eigenvalue weighted by atomic mass is 16.5. The van der Waals surface area contributed by atoms with E-state index in [1.807, 2.05) is 7.11 Å². The summed E-state index contributed by atoms with van der Waals surface area (Å²) in [5, 5.41) is 0. The van der Waals surface area contributed by atoms with Gasteiger partial charge in [-0.3, -0.25) is 0 Å². The standard InChI is InChI=1S/C16H26O/c1-11-6-7-12-14(2,3)10-15(4)9-8-13(17-5)16(11,12)15/h12-13H,1,6-10H2,2-5H3/t12-,13?,15-,16?/m0/s1. The van der Waals surface area contributed by atoms with E-state index in [1.165, 1.54) is 37.7 Å². The second-order valence-corrected chi connectivity index (χ2v) is 7.55. The van der Waals surface area contributed by atoms with E-state index in [0.29, 0.717) is 22.3 Å². The molecule has 3 aliphatic carbocycles. The zero-order valence-corrected chi connectivity index (χ0v) is 11.8. The lowest BCUT2D eigenvalue weighted by molar-refractivity contribution is -0.0233. The van der Waals surface area contributed by atoms with E-state index in [9.17, 15) is 0 Å². The lowest BCUT2D eigenvalue weighted by atomic mass is 9.63. The molecule has 1 heteroatoms. The summed E-state index contributed by atoms with van der Waals surface area (Å²) < 4.78 is 5.90. The van der Waals surface area contributed by atoms with Crippen LogP contribution in [0, 0.1) is 22.2 Å². The van der Waals surface area contributed by atoms with Gasteiger partial charge in [0.15, 0.2) is 0 Å². The highest BCUT2D eigenvalue weighted by molar-refractivity contribution is 5.34. The summed E-state index contributed by atoms with van der Waals surface area (Å²) in [6.07, 6.45) is 6.89. The number of ether oxygens (including phenoxy) is 1. The Kier molecular flexibility index (Phi) is 2.20. The highest BCUT2D eigenvalue weighted by Gasteiger charge is 2.72. The molecule has 0 heterocycles. The number of methoxy groups -OCH3 is 1. The molecule has 0 aromatic rings.